The average molecular weight is 267 g/mol. The molecule has 1 aliphatic rings. The summed E-state index contributed by atoms with van der Waals surface area (Å²) in [6.07, 6.45) is 6.51. The highest BCUT2D eigenvalue weighted by Crippen LogP contribution is 2.10. The van der Waals surface area contributed by atoms with Crippen LogP contribution in [0.4, 0.5) is 0 Å². The number of hydrogen-bond acceptors (Lipinski definition) is 3. The first-order valence-corrected chi connectivity index (χ1v) is 7.55. The summed E-state index contributed by atoms with van der Waals surface area (Å²) < 4.78 is 0. The van der Waals surface area contributed by atoms with Crippen LogP contribution in [0.5, 0.6) is 0 Å². The second kappa shape index (κ2) is 9.10. The van der Waals surface area contributed by atoms with Crippen LogP contribution in [0.2, 0.25) is 0 Å². The number of nitrogens with one attached hydrogen (secondary N) is 2. The lowest BCUT2D eigenvalue weighted by Crippen LogP contribution is -2.49. The summed E-state index contributed by atoms with van der Waals surface area (Å²) in [5.41, 5.74) is 0. The van der Waals surface area contributed by atoms with Crippen LogP contribution in [0.15, 0.2) is 12.7 Å². The van der Waals surface area contributed by atoms with E-state index in [4.69, 9.17) is 0 Å². The molecule has 0 aromatic carbocycles. The van der Waals surface area contributed by atoms with E-state index in [0.29, 0.717) is 12.6 Å². The van der Waals surface area contributed by atoms with Crippen molar-refractivity contribution in [2.45, 2.75) is 51.6 Å². The average Bonchev–Trinajstić information content (AvgIpc) is 2.92. The molecule has 4 heteroatoms. The lowest BCUT2D eigenvalue weighted by molar-refractivity contribution is -0.125. The molecule has 1 amide bonds. The molecule has 19 heavy (non-hydrogen) atoms. The van der Waals surface area contributed by atoms with Gasteiger partial charge in [0.25, 0.3) is 0 Å². The van der Waals surface area contributed by atoms with Crippen molar-refractivity contribution < 1.29 is 4.79 Å². The van der Waals surface area contributed by atoms with E-state index in [9.17, 15) is 4.79 Å². The summed E-state index contributed by atoms with van der Waals surface area (Å²) >= 11 is 0. The molecular weight excluding hydrogens is 238 g/mol. The van der Waals surface area contributed by atoms with Crippen LogP contribution in [0.3, 0.4) is 0 Å². The van der Waals surface area contributed by atoms with Gasteiger partial charge < -0.3 is 10.6 Å². The maximum Gasteiger partial charge on any atom is 0.237 e. The molecule has 0 aliphatic carbocycles. The number of rotatable bonds is 9. The number of amides is 1. The van der Waals surface area contributed by atoms with Gasteiger partial charge in [0, 0.05) is 19.1 Å². The second-order valence-electron chi connectivity index (χ2n) is 5.35. The fourth-order valence-corrected chi connectivity index (χ4v) is 2.49. The topological polar surface area (TPSA) is 44.4 Å². The fraction of sp³-hybridized carbons (Fsp3) is 0.800. The van der Waals surface area contributed by atoms with Gasteiger partial charge in [-0.1, -0.05) is 19.4 Å². The van der Waals surface area contributed by atoms with Crippen LogP contribution >= 0.6 is 0 Å². The summed E-state index contributed by atoms with van der Waals surface area (Å²) in [4.78, 5) is 14.4. The highest BCUT2D eigenvalue weighted by atomic mass is 16.2. The van der Waals surface area contributed by atoms with Gasteiger partial charge in [-0.15, -0.1) is 6.58 Å². The van der Waals surface area contributed by atoms with Crippen molar-refractivity contribution in [1.82, 2.24) is 15.5 Å². The summed E-state index contributed by atoms with van der Waals surface area (Å²) in [6.45, 7) is 11.5. The summed E-state index contributed by atoms with van der Waals surface area (Å²) in [6, 6.07) is 0.486. The number of carbonyl (C=O) groups excluding carboxylic acids is 1. The minimum absolute atomic E-state index is 0.0612. The second-order valence-corrected chi connectivity index (χ2v) is 5.35. The molecule has 0 bridgehead atoms. The summed E-state index contributed by atoms with van der Waals surface area (Å²) in [5, 5.41) is 6.41. The van der Waals surface area contributed by atoms with Crippen molar-refractivity contribution >= 4 is 5.91 Å². The Balaban J connectivity index is 2.49. The maximum absolute atomic E-state index is 12.1. The van der Waals surface area contributed by atoms with E-state index in [1.807, 2.05) is 6.92 Å². The lowest BCUT2D eigenvalue weighted by atomic mass is 10.1. The molecule has 1 aliphatic heterocycles. The quantitative estimate of drug-likeness (QED) is 0.623. The number of carbonyl (C=O) groups is 1. The van der Waals surface area contributed by atoms with E-state index in [-0.39, 0.29) is 11.9 Å². The summed E-state index contributed by atoms with van der Waals surface area (Å²) in [7, 11) is 0. The molecular formula is C15H29N3O. The van der Waals surface area contributed by atoms with Gasteiger partial charge >= 0.3 is 0 Å². The van der Waals surface area contributed by atoms with Gasteiger partial charge in [-0.3, -0.25) is 9.69 Å². The predicted octanol–water partition coefficient (Wildman–Crippen LogP) is 1.53. The Bertz CT molecular complexity index is 275. The molecule has 2 atom stereocenters. The minimum atomic E-state index is -0.0612. The number of unbranched alkanes of at least 4 members (excludes halogenated alkanes) is 1. The summed E-state index contributed by atoms with van der Waals surface area (Å²) in [5.74, 6) is 0.106. The zero-order chi connectivity index (χ0) is 14.1. The van der Waals surface area contributed by atoms with Crippen LogP contribution in [-0.2, 0) is 4.79 Å². The molecule has 4 nitrogen and oxygen atoms in total. The Morgan fingerprint density at radius 2 is 2.42 bits per heavy atom. The van der Waals surface area contributed by atoms with Gasteiger partial charge in [-0.05, 0) is 39.3 Å². The van der Waals surface area contributed by atoms with Crippen LogP contribution in [-0.4, -0.2) is 49.1 Å². The van der Waals surface area contributed by atoms with Crippen LogP contribution < -0.4 is 10.6 Å². The molecule has 1 heterocycles. The van der Waals surface area contributed by atoms with E-state index >= 15 is 0 Å². The zero-order valence-corrected chi connectivity index (χ0v) is 12.5. The van der Waals surface area contributed by atoms with Gasteiger partial charge in [0.2, 0.25) is 5.91 Å². The van der Waals surface area contributed by atoms with Crippen molar-refractivity contribution in [3.63, 3.8) is 0 Å². The van der Waals surface area contributed by atoms with Crippen molar-refractivity contribution in [3.05, 3.63) is 12.7 Å². The Morgan fingerprint density at radius 3 is 3.00 bits per heavy atom. The van der Waals surface area contributed by atoms with Gasteiger partial charge in [0.15, 0.2) is 0 Å². The molecule has 2 N–H and O–H groups in total. The highest BCUT2D eigenvalue weighted by molar-refractivity contribution is 5.81. The number of hydrogen-bond donors (Lipinski definition) is 2. The first-order valence-electron chi connectivity index (χ1n) is 7.55. The fourth-order valence-electron chi connectivity index (χ4n) is 2.49. The minimum Gasteiger partial charge on any atom is -0.351 e. The molecule has 1 rings (SSSR count). The molecule has 0 saturated carbocycles. The highest BCUT2D eigenvalue weighted by Gasteiger charge is 2.24. The molecule has 0 spiro atoms. The standard InChI is InChI=1S/C15H29N3O/c1-4-6-11-18(12-14-8-7-10-16-14)13(3)15(19)17-9-5-2/h5,13-14,16H,2,4,6-12H2,1,3H3,(H,17,19). The van der Waals surface area contributed by atoms with Crippen molar-refractivity contribution in [1.29, 1.82) is 0 Å². The van der Waals surface area contributed by atoms with E-state index in [0.717, 1.165) is 32.5 Å². The first kappa shape index (κ1) is 16.2. The predicted molar refractivity (Wildman–Crippen MR) is 80.2 cm³/mol. The third-order valence-electron chi connectivity index (χ3n) is 3.76. The SMILES string of the molecule is C=CCNC(=O)C(C)N(CCCC)CC1CCCN1. The van der Waals surface area contributed by atoms with Crippen molar-refractivity contribution in [3.8, 4) is 0 Å². The smallest absolute Gasteiger partial charge is 0.237 e. The third kappa shape index (κ3) is 5.74. The van der Waals surface area contributed by atoms with Crippen molar-refractivity contribution in [2.24, 2.45) is 0 Å². The molecule has 1 saturated heterocycles. The van der Waals surface area contributed by atoms with Crippen LogP contribution in [0.1, 0.15) is 39.5 Å². The molecule has 1 fully saturated rings. The maximum atomic E-state index is 12.1. The molecule has 110 valence electrons. The lowest BCUT2D eigenvalue weighted by Gasteiger charge is -2.30. The van der Waals surface area contributed by atoms with E-state index in [1.54, 1.807) is 6.08 Å². The normalized spacial score (nSPS) is 20.5. The molecule has 0 aromatic heterocycles. The van der Waals surface area contributed by atoms with Crippen LogP contribution in [0.25, 0.3) is 0 Å². The largest absolute Gasteiger partial charge is 0.351 e. The van der Waals surface area contributed by atoms with E-state index < -0.39 is 0 Å². The molecule has 0 aromatic rings. The Hall–Kier alpha value is -0.870. The monoisotopic (exact) mass is 267 g/mol. The van der Waals surface area contributed by atoms with Gasteiger partial charge in [0.1, 0.15) is 0 Å². The van der Waals surface area contributed by atoms with E-state index in [2.05, 4.69) is 29.0 Å². The Morgan fingerprint density at radius 1 is 1.63 bits per heavy atom. The van der Waals surface area contributed by atoms with Gasteiger partial charge in [0.05, 0.1) is 6.04 Å². The van der Waals surface area contributed by atoms with Gasteiger partial charge in [-0.25, -0.2) is 0 Å². The third-order valence-corrected chi connectivity index (χ3v) is 3.76. The van der Waals surface area contributed by atoms with Crippen molar-refractivity contribution in [2.75, 3.05) is 26.2 Å². The van der Waals surface area contributed by atoms with E-state index in [1.165, 1.54) is 12.8 Å². The zero-order valence-electron chi connectivity index (χ0n) is 12.5. The molecule has 2 unspecified atom stereocenters. The van der Waals surface area contributed by atoms with Gasteiger partial charge in [-0.2, -0.15) is 0 Å². The number of nitrogens with zero attached hydrogens (tertiary/aromatic N) is 1. The Kier molecular flexibility index (Phi) is 7.75. The first-order chi connectivity index (χ1) is 9.19. The molecule has 0 radical (unpaired) electrons. The van der Waals surface area contributed by atoms with Crippen LogP contribution in [0, 0.1) is 0 Å². The Labute approximate surface area is 117 Å².